The Morgan fingerprint density at radius 2 is 2.38 bits per heavy atom. The average molecular weight is 265 g/mol. The number of carbonyl (C=O) groups is 1. The van der Waals surface area contributed by atoms with Gasteiger partial charge < -0.3 is 5.11 Å². The Hall–Kier alpha value is -0.610. The quantitative estimate of drug-likeness (QED) is 0.836. The van der Waals surface area contributed by atoms with Gasteiger partial charge in [0.2, 0.25) is 0 Å². The van der Waals surface area contributed by atoms with Gasteiger partial charge in [0.05, 0.1) is 4.47 Å². The van der Waals surface area contributed by atoms with E-state index in [9.17, 15) is 4.79 Å². The molecule has 0 fully saturated rings. The number of hydrogen-bond acceptors (Lipinski definition) is 2. The van der Waals surface area contributed by atoms with Crippen LogP contribution in [0.15, 0.2) is 10.5 Å². The second kappa shape index (κ2) is 4.07. The number of carboxylic acids is 1. The first-order valence-corrected chi connectivity index (χ1v) is 4.81. The molecule has 1 N–H and O–H groups in total. The van der Waals surface area contributed by atoms with Gasteiger partial charge in [-0.15, -0.1) is 0 Å². The second-order valence-electron chi connectivity index (χ2n) is 2.43. The maximum Gasteiger partial charge on any atom is 0.354 e. The first-order valence-electron chi connectivity index (χ1n) is 3.64. The molecule has 0 radical (unpaired) electrons. The van der Waals surface area contributed by atoms with E-state index in [0.29, 0.717) is 16.5 Å². The third kappa shape index (κ3) is 2.19. The Kier molecular flexibility index (Phi) is 3.27. The Balaban J connectivity index is 3.33. The fourth-order valence-electron chi connectivity index (χ4n) is 0.959. The molecule has 0 amide bonds. The predicted octanol–water partition coefficient (Wildman–Crippen LogP) is 2.76. The molecule has 1 aromatic rings. The zero-order valence-corrected chi connectivity index (χ0v) is 9.18. The number of aromatic carboxylic acids is 1. The standard InChI is InChI=1S/C8H7BrClNO2/c1-2-4-3-5(9)7(10)11-6(4)8(12)13/h3H,2H2,1H3,(H,12,13). The van der Waals surface area contributed by atoms with Crippen LogP contribution in [0.1, 0.15) is 23.0 Å². The van der Waals surface area contributed by atoms with E-state index in [4.69, 9.17) is 16.7 Å². The highest BCUT2D eigenvalue weighted by Crippen LogP contribution is 2.23. The van der Waals surface area contributed by atoms with Crippen molar-refractivity contribution in [2.24, 2.45) is 0 Å². The van der Waals surface area contributed by atoms with Crippen LogP contribution in [0.4, 0.5) is 0 Å². The summed E-state index contributed by atoms with van der Waals surface area (Å²) in [6, 6.07) is 1.68. The average Bonchev–Trinajstić information content (AvgIpc) is 2.08. The number of pyridine rings is 1. The molecule has 0 aromatic carbocycles. The van der Waals surface area contributed by atoms with Crippen LogP contribution < -0.4 is 0 Å². The molecular formula is C8H7BrClNO2. The molecule has 0 atom stereocenters. The van der Waals surface area contributed by atoms with Crippen molar-refractivity contribution < 1.29 is 9.90 Å². The van der Waals surface area contributed by atoms with E-state index in [0.717, 1.165) is 0 Å². The van der Waals surface area contributed by atoms with E-state index >= 15 is 0 Å². The SMILES string of the molecule is CCc1cc(Br)c(Cl)nc1C(=O)O. The lowest BCUT2D eigenvalue weighted by Crippen LogP contribution is -2.05. The lowest BCUT2D eigenvalue weighted by molar-refractivity contribution is 0.0689. The van der Waals surface area contributed by atoms with Gasteiger partial charge in [-0.2, -0.15) is 0 Å². The van der Waals surface area contributed by atoms with E-state index in [1.54, 1.807) is 6.07 Å². The van der Waals surface area contributed by atoms with Crippen molar-refractivity contribution in [1.29, 1.82) is 0 Å². The number of hydrogen-bond donors (Lipinski definition) is 1. The van der Waals surface area contributed by atoms with E-state index in [2.05, 4.69) is 20.9 Å². The van der Waals surface area contributed by atoms with Gasteiger partial charge in [0, 0.05) is 0 Å². The third-order valence-electron chi connectivity index (χ3n) is 1.60. The van der Waals surface area contributed by atoms with Crippen LogP contribution in [0.5, 0.6) is 0 Å². The number of aromatic nitrogens is 1. The third-order valence-corrected chi connectivity index (χ3v) is 2.72. The van der Waals surface area contributed by atoms with Gasteiger partial charge in [0.15, 0.2) is 5.69 Å². The molecule has 1 heterocycles. The van der Waals surface area contributed by atoms with Gasteiger partial charge in [-0.1, -0.05) is 18.5 Å². The molecule has 0 saturated heterocycles. The summed E-state index contributed by atoms with van der Waals surface area (Å²) in [4.78, 5) is 14.5. The molecule has 0 unspecified atom stereocenters. The first kappa shape index (κ1) is 10.5. The first-order chi connectivity index (χ1) is 6.06. The van der Waals surface area contributed by atoms with Crippen molar-refractivity contribution in [3.63, 3.8) is 0 Å². The molecular weight excluding hydrogens is 257 g/mol. The minimum atomic E-state index is -1.05. The van der Waals surface area contributed by atoms with Crippen molar-refractivity contribution in [3.8, 4) is 0 Å². The molecule has 0 aliphatic heterocycles. The highest BCUT2D eigenvalue weighted by atomic mass is 79.9. The molecule has 70 valence electrons. The van der Waals surface area contributed by atoms with Gasteiger partial charge in [-0.05, 0) is 34.0 Å². The number of nitrogens with zero attached hydrogens (tertiary/aromatic N) is 1. The van der Waals surface area contributed by atoms with Gasteiger partial charge in [-0.25, -0.2) is 9.78 Å². The van der Waals surface area contributed by atoms with Gasteiger partial charge >= 0.3 is 5.97 Å². The van der Waals surface area contributed by atoms with Crippen LogP contribution in [-0.2, 0) is 6.42 Å². The molecule has 0 spiro atoms. The van der Waals surface area contributed by atoms with E-state index in [1.807, 2.05) is 6.92 Å². The minimum Gasteiger partial charge on any atom is -0.477 e. The number of carboxylic acid groups (broad SMARTS) is 1. The summed E-state index contributed by atoms with van der Waals surface area (Å²) in [6.45, 7) is 1.86. The Labute approximate surface area is 88.9 Å². The van der Waals surface area contributed by atoms with Crippen LogP contribution in [0.2, 0.25) is 5.15 Å². The normalized spacial score (nSPS) is 10.1. The maximum absolute atomic E-state index is 10.7. The number of halogens is 2. The van der Waals surface area contributed by atoms with E-state index in [-0.39, 0.29) is 10.8 Å². The van der Waals surface area contributed by atoms with Crippen molar-refractivity contribution in [1.82, 2.24) is 4.98 Å². The predicted molar refractivity (Wildman–Crippen MR) is 53.3 cm³/mol. The Bertz CT molecular complexity index is 354. The minimum absolute atomic E-state index is 0.0238. The van der Waals surface area contributed by atoms with E-state index in [1.165, 1.54) is 0 Å². The summed E-state index contributed by atoms with van der Waals surface area (Å²) in [7, 11) is 0. The van der Waals surface area contributed by atoms with Crippen LogP contribution in [0, 0.1) is 0 Å². The Morgan fingerprint density at radius 1 is 1.77 bits per heavy atom. The molecule has 0 aliphatic rings. The van der Waals surface area contributed by atoms with Crippen LogP contribution in [0.25, 0.3) is 0 Å². The highest BCUT2D eigenvalue weighted by Gasteiger charge is 2.13. The Morgan fingerprint density at radius 3 is 2.85 bits per heavy atom. The molecule has 3 nitrogen and oxygen atoms in total. The number of aryl methyl sites for hydroxylation is 1. The van der Waals surface area contributed by atoms with Crippen LogP contribution in [-0.4, -0.2) is 16.1 Å². The fraction of sp³-hybridized carbons (Fsp3) is 0.250. The molecule has 1 aromatic heterocycles. The lowest BCUT2D eigenvalue weighted by atomic mass is 10.1. The fourth-order valence-corrected chi connectivity index (χ4v) is 1.46. The van der Waals surface area contributed by atoms with Crippen molar-refractivity contribution in [2.45, 2.75) is 13.3 Å². The van der Waals surface area contributed by atoms with Crippen molar-refractivity contribution in [2.75, 3.05) is 0 Å². The largest absolute Gasteiger partial charge is 0.477 e. The van der Waals surface area contributed by atoms with Crippen molar-refractivity contribution >= 4 is 33.5 Å². The highest BCUT2D eigenvalue weighted by molar-refractivity contribution is 9.10. The monoisotopic (exact) mass is 263 g/mol. The molecule has 0 bridgehead atoms. The number of rotatable bonds is 2. The molecule has 5 heteroatoms. The summed E-state index contributed by atoms with van der Waals surface area (Å²) < 4.78 is 0.621. The summed E-state index contributed by atoms with van der Waals surface area (Å²) >= 11 is 8.85. The molecule has 13 heavy (non-hydrogen) atoms. The van der Waals surface area contributed by atoms with Gasteiger partial charge in [0.1, 0.15) is 5.15 Å². The summed E-state index contributed by atoms with van der Waals surface area (Å²) in [5.41, 5.74) is 0.694. The van der Waals surface area contributed by atoms with Crippen LogP contribution >= 0.6 is 27.5 Å². The van der Waals surface area contributed by atoms with Crippen LogP contribution in [0.3, 0.4) is 0 Å². The smallest absolute Gasteiger partial charge is 0.354 e. The molecule has 0 aliphatic carbocycles. The molecule has 0 saturated carbocycles. The zero-order chi connectivity index (χ0) is 10.0. The zero-order valence-electron chi connectivity index (χ0n) is 6.84. The maximum atomic E-state index is 10.7. The lowest BCUT2D eigenvalue weighted by Gasteiger charge is -2.04. The molecule has 1 rings (SSSR count). The summed E-state index contributed by atoms with van der Waals surface area (Å²) in [6.07, 6.45) is 0.615. The summed E-state index contributed by atoms with van der Waals surface area (Å²) in [5.74, 6) is -1.05. The summed E-state index contributed by atoms with van der Waals surface area (Å²) in [5, 5.41) is 8.95. The van der Waals surface area contributed by atoms with Crippen molar-refractivity contribution in [3.05, 3.63) is 26.9 Å². The topological polar surface area (TPSA) is 50.2 Å². The van der Waals surface area contributed by atoms with Gasteiger partial charge in [0.25, 0.3) is 0 Å². The van der Waals surface area contributed by atoms with Gasteiger partial charge in [-0.3, -0.25) is 0 Å². The second-order valence-corrected chi connectivity index (χ2v) is 3.64. The van der Waals surface area contributed by atoms with E-state index < -0.39 is 5.97 Å².